The van der Waals surface area contributed by atoms with E-state index >= 15 is 0 Å². The Morgan fingerprint density at radius 3 is 2.36 bits per heavy atom. The lowest BCUT2D eigenvalue weighted by molar-refractivity contribution is -0.127. The van der Waals surface area contributed by atoms with Crippen molar-refractivity contribution in [1.82, 2.24) is 9.88 Å². The summed E-state index contributed by atoms with van der Waals surface area (Å²) in [6.45, 7) is 9.81. The number of imide groups is 1. The second kappa shape index (κ2) is 6.02. The molecular formula is C19H23N3O3. The highest BCUT2D eigenvalue weighted by molar-refractivity contribution is 6.13. The second-order valence-electron chi connectivity index (χ2n) is 7.46. The van der Waals surface area contributed by atoms with Gasteiger partial charge in [0, 0.05) is 11.1 Å². The maximum absolute atomic E-state index is 12.8. The summed E-state index contributed by atoms with van der Waals surface area (Å²) in [6, 6.07) is 6.65. The van der Waals surface area contributed by atoms with Crippen LogP contribution < -0.4 is 4.90 Å². The van der Waals surface area contributed by atoms with Crippen LogP contribution in [-0.2, 0) is 16.8 Å². The molecule has 0 radical (unpaired) electrons. The summed E-state index contributed by atoms with van der Waals surface area (Å²) in [5, 5.41) is 0. The summed E-state index contributed by atoms with van der Waals surface area (Å²) in [5.41, 5.74) is 1.63. The Balaban J connectivity index is 1.83. The Hall–Kier alpha value is -2.63. The maximum atomic E-state index is 12.8. The number of aryl methyl sites for hydroxylation is 1. The quantitative estimate of drug-likeness (QED) is 0.800. The summed E-state index contributed by atoms with van der Waals surface area (Å²) in [7, 11) is 0. The predicted octanol–water partition coefficient (Wildman–Crippen LogP) is 3.64. The fourth-order valence-electron chi connectivity index (χ4n) is 2.78. The number of benzene rings is 1. The molecule has 2 heterocycles. The third-order valence-corrected chi connectivity index (χ3v) is 4.35. The average molecular weight is 341 g/mol. The zero-order chi connectivity index (χ0) is 18.4. The van der Waals surface area contributed by atoms with Gasteiger partial charge in [0.2, 0.25) is 5.89 Å². The van der Waals surface area contributed by atoms with Crippen LogP contribution in [0.25, 0.3) is 0 Å². The lowest BCUT2D eigenvalue weighted by Crippen LogP contribution is -2.33. The van der Waals surface area contributed by atoms with Gasteiger partial charge in [-0.1, -0.05) is 38.5 Å². The molecule has 0 spiro atoms. The van der Waals surface area contributed by atoms with Crippen LogP contribution in [0.1, 0.15) is 44.9 Å². The highest BCUT2D eigenvalue weighted by Crippen LogP contribution is 2.28. The lowest BCUT2D eigenvalue weighted by Gasteiger charge is -2.19. The van der Waals surface area contributed by atoms with Gasteiger partial charge in [-0.15, -0.1) is 0 Å². The number of nitrogens with zero attached hydrogens (tertiary/aromatic N) is 3. The monoisotopic (exact) mass is 341 g/mol. The van der Waals surface area contributed by atoms with E-state index in [1.54, 1.807) is 13.1 Å². The van der Waals surface area contributed by atoms with Gasteiger partial charge in [-0.3, -0.25) is 14.6 Å². The van der Waals surface area contributed by atoms with E-state index in [2.05, 4.69) is 4.98 Å². The summed E-state index contributed by atoms with van der Waals surface area (Å²) in [4.78, 5) is 32.3. The van der Waals surface area contributed by atoms with E-state index in [9.17, 15) is 9.59 Å². The van der Waals surface area contributed by atoms with Crippen LogP contribution in [-0.4, -0.2) is 27.9 Å². The van der Waals surface area contributed by atoms with E-state index in [1.807, 2.05) is 52.0 Å². The summed E-state index contributed by atoms with van der Waals surface area (Å²) in [6.07, 6.45) is 1.65. The molecule has 6 nitrogen and oxygen atoms in total. The van der Waals surface area contributed by atoms with Crippen LogP contribution in [0.2, 0.25) is 0 Å². The molecule has 1 aliphatic heterocycles. The number of anilines is 1. The van der Waals surface area contributed by atoms with E-state index in [0.717, 1.165) is 11.3 Å². The number of rotatable bonds is 3. The Bertz CT molecular complexity index is 802. The maximum Gasteiger partial charge on any atom is 0.332 e. The molecule has 132 valence electrons. The van der Waals surface area contributed by atoms with Crippen LogP contribution in [0.5, 0.6) is 0 Å². The van der Waals surface area contributed by atoms with E-state index in [-0.39, 0.29) is 23.9 Å². The third-order valence-electron chi connectivity index (χ3n) is 4.35. The van der Waals surface area contributed by atoms with Crippen molar-refractivity contribution < 1.29 is 14.0 Å². The number of aromatic nitrogens is 1. The number of hydrogen-bond donors (Lipinski definition) is 0. The van der Waals surface area contributed by atoms with Crippen LogP contribution >= 0.6 is 0 Å². The van der Waals surface area contributed by atoms with Crippen molar-refractivity contribution >= 4 is 17.6 Å². The van der Waals surface area contributed by atoms with Gasteiger partial charge < -0.3 is 4.42 Å². The topological polar surface area (TPSA) is 66.7 Å². The number of amides is 3. The summed E-state index contributed by atoms with van der Waals surface area (Å²) in [5.74, 6) is 0.843. The van der Waals surface area contributed by atoms with Crippen LogP contribution in [0, 0.1) is 6.92 Å². The Morgan fingerprint density at radius 1 is 1.16 bits per heavy atom. The lowest BCUT2D eigenvalue weighted by atomic mass is 9.94. The Morgan fingerprint density at radius 2 is 1.80 bits per heavy atom. The average Bonchev–Trinajstić information content (AvgIpc) is 3.09. The zero-order valence-corrected chi connectivity index (χ0v) is 15.2. The first-order valence-corrected chi connectivity index (χ1v) is 8.35. The molecule has 1 saturated heterocycles. The molecule has 0 saturated carbocycles. The Kier molecular flexibility index (Phi) is 4.14. The van der Waals surface area contributed by atoms with Crippen molar-refractivity contribution in [2.24, 2.45) is 0 Å². The second-order valence-corrected chi connectivity index (χ2v) is 7.46. The van der Waals surface area contributed by atoms with E-state index in [4.69, 9.17) is 4.42 Å². The zero-order valence-electron chi connectivity index (χ0n) is 15.2. The molecule has 0 bridgehead atoms. The minimum atomic E-state index is -0.549. The minimum absolute atomic E-state index is 0.0421. The molecule has 3 amide bonds. The van der Waals surface area contributed by atoms with Crippen molar-refractivity contribution in [3.8, 4) is 0 Å². The molecule has 1 aliphatic rings. The number of carbonyl (C=O) groups excluding carboxylic acids is 2. The molecule has 1 aromatic heterocycles. The number of carbonyl (C=O) groups is 2. The van der Waals surface area contributed by atoms with Gasteiger partial charge in [0.25, 0.3) is 5.91 Å². The van der Waals surface area contributed by atoms with E-state index in [1.165, 1.54) is 9.80 Å². The molecule has 2 aromatic rings. The molecule has 1 fully saturated rings. The highest BCUT2D eigenvalue weighted by atomic mass is 16.4. The van der Waals surface area contributed by atoms with Gasteiger partial charge in [-0.25, -0.2) is 9.78 Å². The van der Waals surface area contributed by atoms with Crippen molar-refractivity contribution in [2.45, 2.75) is 52.6 Å². The van der Waals surface area contributed by atoms with Gasteiger partial charge in [-0.05, 0) is 26.0 Å². The molecule has 0 unspecified atom stereocenters. The molecule has 6 heteroatoms. The normalized spacial score (nSPS) is 18.4. The first-order valence-electron chi connectivity index (χ1n) is 8.35. The molecule has 1 atom stereocenters. The SMILES string of the molecule is Cc1ccc(N2C(=O)N(Cc3ncc(C(C)(C)C)o3)C(=O)[C@@H]2C)cc1. The standard InChI is InChI=1S/C19H23N3O3/c1-12-6-8-14(9-7-12)22-13(2)17(23)21(18(22)24)11-16-20-10-15(25-16)19(3,4)5/h6-10,13H,11H2,1-5H3/t13-/m0/s1. The van der Waals surface area contributed by atoms with Crippen molar-refractivity contribution in [3.63, 3.8) is 0 Å². The fourth-order valence-corrected chi connectivity index (χ4v) is 2.78. The molecule has 25 heavy (non-hydrogen) atoms. The first-order chi connectivity index (χ1) is 11.7. The number of hydrogen-bond acceptors (Lipinski definition) is 4. The van der Waals surface area contributed by atoms with Crippen LogP contribution in [0.4, 0.5) is 10.5 Å². The van der Waals surface area contributed by atoms with Gasteiger partial charge in [0.1, 0.15) is 18.3 Å². The van der Waals surface area contributed by atoms with Crippen molar-refractivity contribution in [1.29, 1.82) is 0 Å². The third kappa shape index (κ3) is 3.16. The smallest absolute Gasteiger partial charge is 0.332 e. The first kappa shape index (κ1) is 17.2. The minimum Gasteiger partial charge on any atom is -0.443 e. The van der Waals surface area contributed by atoms with Crippen molar-refractivity contribution in [2.75, 3.05) is 4.90 Å². The van der Waals surface area contributed by atoms with Crippen LogP contribution in [0.3, 0.4) is 0 Å². The highest BCUT2D eigenvalue weighted by Gasteiger charge is 2.43. The van der Waals surface area contributed by atoms with Crippen LogP contribution in [0.15, 0.2) is 34.9 Å². The molecule has 0 aliphatic carbocycles. The fraction of sp³-hybridized carbons (Fsp3) is 0.421. The predicted molar refractivity (Wildman–Crippen MR) is 94.3 cm³/mol. The number of urea groups is 1. The van der Waals surface area contributed by atoms with Gasteiger partial charge in [-0.2, -0.15) is 0 Å². The van der Waals surface area contributed by atoms with Crippen molar-refractivity contribution in [3.05, 3.63) is 47.7 Å². The van der Waals surface area contributed by atoms with Gasteiger partial charge >= 0.3 is 6.03 Å². The molecule has 1 aromatic carbocycles. The van der Waals surface area contributed by atoms with E-state index < -0.39 is 6.04 Å². The molecule has 3 rings (SSSR count). The van der Waals surface area contributed by atoms with E-state index in [0.29, 0.717) is 11.6 Å². The number of oxazole rings is 1. The molecular weight excluding hydrogens is 318 g/mol. The molecule has 0 N–H and O–H groups in total. The largest absolute Gasteiger partial charge is 0.443 e. The summed E-state index contributed by atoms with van der Waals surface area (Å²) >= 11 is 0. The Labute approximate surface area is 147 Å². The van der Waals surface area contributed by atoms with Gasteiger partial charge in [0.05, 0.1) is 6.20 Å². The van der Waals surface area contributed by atoms with Gasteiger partial charge in [0.15, 0.2) is 0 Å². The summed E-state index contributed by atoms with van der Waals surface area (Å²) < 4.78 is 5.72.